The second-order valence-corrected chi connectivity index (χ2v) is 6.77. The molecule has 0 aliphatic carbocycles. The van der Waals surface area contributed by atoms with Crippen LogP contribution in [0.1, 0.15) is 30.5 Å². The van der Waals surface area contributed by atoms with Crippen molar-refractivity contribution in [3.63, 3.8) is 0 Å². The maximum Gasteiger partial charge on any atom is 0.342 e. The van der Waals surface area contributed by atoms with Crippen LogP contribution in [0.15, 0.2) is 78.3 Å². The Hall–Kier alpha value is -4.93. The number of fused-ring (bicyclic) bond motifs is 1. The van der Waals surface area contributed by atoms with Gasteiger partial charge in [-0.15, -0.1) is 0 Å². The molecule has 0 aliphatic rings. The van der Waals surface area contributed by atoms with E-state index in [-0.39, 0.29) is 25.5 Å². The Labute approximate surface area is 206 Å². The lowest BCUT2D eigenvalue weighted by atomic mass is 10.2. The van der Waals surface area contributed by atoms with Gasteiger partial charge in [-0.25, -0.2) is 24.7 Å². The molecular formula is C25H24N6O5. The monoisotopic (exact) mass is 488 g/mol. The summed E-state index contributed by atoms with van der Waals surface area (Å²) < 4.78 is 15.9. The van der Waals surface area contributed by atoms with Gasteiger partial charge in [-0.3, -0.25) is 9.97 Å². The number of aromatic hydroxyl groups is 1. The van der Waals surface area contributed by atoms with Crippen LogP contribution < -0.4 is 4.74 Å². The molecule has 0 fully saturated rings. The highest BCUT2D eigenvalue weighted by Gasteiger charge is 2.16. The molecule has 0 aliphatic heterocycles. The van der Waals surface area contributed by atoms with Crippen LogP contribution in [0.5, 0.6) is 11.5 Å². The van der Waals surface area contributed by atoms with E-state index in [2.05, 4.69) is 29.9 Å². The van der Waals surface area contributed by atoms with Crippen molar-refractivity contribution in [2.45, 2.75) is 21.0 Å². The number of carbonyl (C=O) groups excluding carboxylic acids is 1. The van der Waals surface area contributed by atoms with Crippen LogP contribution in [-0.2, 0) is 11.3 Å². The first-order valence-electron chi connectivity index (χ1n) is 10.5. The predicted octanol–water partition coefficient (Wildman–Crippen LogP) is 4.25. The fourth-order valence-electron chi connectivity index (χ4n) is 2.92. The summed E-state index contributed by atoms with van der Waals surface area (Å²) in [5, 5.41) is 10.6. The molecule has 5 rings (SSSR count). The number of carbonyl (C=O) groups is 1. The van der Waals surface area contributed by atoms with Crippen LogP contribution in [0.2, 0.25) is 0 Å². The summed E-state index contributed by atoms with van der Waals surface area (Å²) in [6.07, 6.45) is 12.5. The molecule has 0 saturated carbocycles. The number of rotatable bonds is 6. The third kappa shape index (κ3) is 6.14. The molecule has 36 heavy (non-hydrogen) atoms. The highest BCUT2D eigenvalue weighted by atomic mass is 16.5. The molecule has 0 aromatic carbocycles. The highest BCUT2D eigenvalue weighted by Crippen LogP contribution is 2.36. The second-order valence-electron chi connectivity index (χ2n) is 6.77. The summed E-state index contributed by atoms with van der Waals surface area (Å²) in [6, 6.07) is 6.65. The van der Waals surface area contributed by atoms with Gasteiger partial charge in [0.2, 0.25) is 5.76 Å². The SMILES string of the molecule is C.CCOC(=O)c1ccncc1OCc1ncccn1.Oc1c(-c2ncccn2)oc2cnccc12. The lowest BCUT2D eigenvalue weighted by molar-refractivity contribution is 0.0520. The van der Waals surface area contributed by atoms with Crippen molar-refractivity contribution in [1.29, 1.82) is 0 Å². The van der Waals surface area contributed by atoms with Gasteiger partial charge in [0, 0.05) is 37.2 Å². The molecule has 5 heterocycles. The van der Waals surface area contributed by atoms with Gasteiger partial charge in [0.25, 0.3) is 0 Å². The number of esters is 1. The van der Waals surface area contributed by atoms with E-state index in [1.165, 1.54) is 12.4 Å². The number of pyridine rings is 2. The normalized spacial score (nSPS) is 10.0. The van der Waals surface area contributed by atoms with Gasteiger partial charge < -0.3 is 19.0 Å². The molecule has 0 saturated heterocycles. The van der Waals surface area contributed by atoms with Gasteiger partial charge in [0.1, 0.15) is 12.2 Å². The lowest BCUT2D eigenvalue weighted by Crippen LogP contribution is -2.09. The summed E-state index contributed by atoms with van der Waals surface area (Å²) >= 11 is 0. The molecule has 0 bridgehead atoms. The second kappa shape index (κ2) is 12.5. The first-order chi connectivity index (χ1) is 17.2. The van der Waals surface area contributed by atoms with E-state index < -0.39 is 5.97 Å². The third-order valence-corrected chi connectivity index (χ3v) is 4.49. The van der Waals surface area contributed by atoms with E-state index in [0.717, 1.165) is 0 Å². The first kappa shape index (κ1) is 25.7. The molecule has 0 amide bonds. The fraction of sp³-hybridized carbons (Fsp3) is 0.160. The Morgan fingerprint density at radius 1 is 0.944 bits per heavy atom. The summed E-state index contributed by atoms with van der Waals surface area (Å²) in [5.74, 6) is 1.12. The highest BCUT2D eigenvalue weighted by molar-refractivity contribution is 5.92. The number of furan rings is 1. The van der Waals surface area contributed by atoms with Crippen LogP contribution in [0.4, 0.5) is 0 Å². The minimum atomic E-state index is -0.436. The molecule has 1 N–H and O–H groups in total. The largest absolute Gasteiger partial charge is 0.504 e. The van der Waals surface area contributed by atoms with Crippen LogP contribution in [0.3, 0.4) is 0 Å². The van der Waals surface area contributed by atoms with Crippen molar-refractivity contribution < 1.29 is 23.8 Å². The topological polar surface area (TPSA) is 146 Å². The number of ether oxygens (including phenoxy) is 2. The van der Waals surface area contributed by atoms with E-state index in [9.17, 15) is 9.90 Å². The smallest absolute Gasteiger partial charge is 0.342 e. The molecule has 0 unspecified atom stereocenters. The van der Waals surface area contributed by atoms with Crippen molar-refractivity contribution in [3.8, 4) is 23.1 Å². The molecule has 184 valence electrons. The Balaban J connectivity index is 0.000000197. The molecule has 11 heteroatoms. The van der Waals surface area contributed by atoms with Crippen molar-refractivity contribution in [3.05, 3.63) is 85.2 Å². The number of nitrogens with zero attached hydrogens (tertiary/aromatic N) is 6. The van der Waals surface area contributed by atoms with Gasteiger partial charge in [0.15, 0.2) is 28.7 Å². The van der Waals surface area contributed by atoms with Gasteiger partial charge in [-0.05, 0) is 31.2 Å². The maximum atomic E-state index is 11.7. The van der Waals surface area contributed by atoms with Crippen molar-refractivity contribution in [2.75, 3.05) is 6.61 Å². The average Bonchev–Trinajstić information content (AvgIpc) is 3.26. The van der Waals surface area contributed by atoms with E-state index in [1.807, 2.05) is 0 Å². The van der Waals surface area contributed by atoms with Gasteiger partial charge in [-0.2, -0.15) is 0 Å². The molecule has 5 aromatic rings. The van der Waals surface area contributed by atoms with E-state index in [0.29, 0.717) is 40.5 Å². The summed E-state index contributed by atoms with van der Waals surface area (Å²) in [7, 11) is 0. The van der Waals surface area contributed by atoms with Gasteiger partial charge in [-0.1, -0.05) is 7.43 Å². The number of hydrogen-bond acceptors (Lipinski definition) is 11. The van der Waals surface area contributed by atoms with Gasteiger partial charge in [0.05, 0.1) is 24.4 Å². The molecule has 0 spiro atoms. The summed E-state index contributed by atoms with van der Waals surface area (Å²) in [4.78, 5) is 35.7. The van der Waals surface area contributed by atoms with Crippen molar-refractivity contribution >= 4 is 16.9 Å². The predicted molar refractivity (Wildman–Crippen MR) is 130 cm³/mol. The first-order valence-corrected chi connectivity index (χ1v) is 10.5. The van der Waals surface area contributed by atoms with E-state index in [1.54, 1.807) is 68.4 Å². The van der Waals surface area contributed by atoms with Crippen LogP contribution in [-0.4, -0.2) is 47.6 Å². The molecule has 0 atom stereocenters. The Morgan fingerprint density at radius 2 is 1.61 bits per heavy atom. The zero-order chi connectivity index (χ0) is 24.5. The molecule has 5 aromatic heterocycles. The lowest BCUT2D eigenvalue weighted by Gasteiger charge is -2.09. The Morgan fingerprint density at radius 3 is 2.31 bits per heavy atom. The van der Waals surface area contributed by atoms with Crippen LogP contribution >= 0.6 is 0 Å². The Bertz CT molecular complexity index is 1400. The van der Waals surface area contributed by atoms with Crippen molar-refractivity contribution in [2.24, 2.45) is 0 Å². The Kier molecular flexibility index (Phi) is 8.93. The van der Waals surface area contributed by atoms with E-state index in [4.69, 9.17) is 13.9 Å². The molecular weight excluding hydrogens is 464 g/mol. The van der Waals surface area contributed by atoms with Crippen molar-refractivity contribution in [1.82, 2.24) is 29.9 Å². The molecule has 0 radical (unpaired) electrons. The maximum absolute atomic E-state index is 11.7. The standard InChI is InChI=1S/C13H13N3O3.C11H7N3O2.CH4/c1-2-18-13(17)10-4-7-14-8-11(10)19-9-12-15-5-3-6-16-12;15-9-7-2-5-12-6-8(7)16-10(9)11-13-3-1-4-14-11;/h3-8H,2,9H2,1H3;1-6,15H;1H4. The van der Waals surface area contributed by atoms with Crippen LogP contribution in [0.25, 0.3) is 22.6 Å². The van der Waals surface area contributed by atoms with E-state index >= 15 is 0 Å². The summed E-state index contributed by atoms with van der Waals surface area (Å²) in [5.41, 5.74) is 0.857. The average molecular weight is 489 g/mol. The minimum Gasteiger partial charge on any atom is -0.504 e. The molecule has 11 nitrogen and oxygen atoms in total. The number of hydrogen-bond donors (Lipinski definition) is 1. The quantitative estimate of drug-likeness (QED) is 0.342. The zero-order valence-corrected chi connectivity index (χ0v) is 18.6. The minimum absolute atomic E-state index is 0. The number of aromatic nitrogens is 6. The third-order valence-electron chi connectivity index (χ3n) is 4.49. The zero-order valence-electron chi connectivity index (χ0n) is 18.6. The van der Waals surface area contributed by atoms with Gasteiger partial charge >= 0.3 is 5.97 Å². The van der Waals surface area contributed by atoms with Crippen LogP contribution in [0, 0.1) is 0 Å². The summed E-state index contributed by atoms with van der Waals surface area (Å²) in [6.45, 7) is 2.22. The fourth-order valence-corrected chi connectivity index (χ4v) is 2.92.